The molecule has 0 fully saturated rings. The Kier molecular flexibility index (Phi) is 1.78. The maximum Gasteiger partial charge on any atom is 0.261 e. The van der Waals surface area contributed by atoms with Crippen LogP contribution < -0.4 is 10.3 Å². The van der Waals surface area contributed by atoms with Crippen molar-refractivity contribution in [3.63, 3.8) is 0 Å². The van der Waals surface area contributed by atoms with Crippen molar-refractivity contribution in [2.75, 3.05) is 6.61 Å². The Balaban J connectivity index is 2.41. The minimum absolute atomic E-state index is 0.0581. The van der Waals surface area contributed by atoms with Crippen molar-refractivity contribution < 1.29 is 4.74 Å². The Labute approximate surface area is 86.9 Å². The summed E-state index contributed by atoms with van der Waals surface area (Å²) in [4.78, 5) is 12.1. The van der Waals surface area contributed by atoms with Crippen LogP contribution in [-0.4, -0.2) is 11.2 Å². The van der Waals surface area contributed by atoms with Crippen molar-refractivity contribution in [1.82, 2.24) is 4.57 Å². The molecule has 3 nitrogen and oxygen atoms in total. The first-order chi connectivity index (χ1) is 7.36. The Morgan fingerprint density at radius 2 is 2.13 bits per heavy atom. The molecule has 0 unspecified atom stereocenters. The predicted octanol–water partition coefficient (Wildman–Crippen LogP) is 1.78. The molecule has 0 bridgehead atoms. The quantitative estimate of drug-likeness (QED) is 0.650. The molecule has 0 aliphatic carbocycles. The van der Waals surface area contributed by atoms with E-state index in [2.05, 4.69) is 0 Å². The zero-order chi connectivity index (χ0) is 10.3. The molecule has 1 aliphatic heterocycles. The summed E-state index contributed by atoms with van der Waals surface area (Å²) in [6, 6.07) is 9.56. The summed E-state index contributed by atoms with van der Waals surface area (Å²) in [5.74, 6) is 0.699. The van der Waals surface area contributed by atoms with E-state index >= 15 is 0 Å². The highest BCUT2D eigenvalue weighted by molar-refractivity contribution is 5.82. The van der Waals surface area contributed by atoms with Crippen LogP contribution in [0.4, 0.5) is 0 Å². The number of pyridine rings is 1. The fourth-order valence-corrected chi connectivity index (χ4v) is 2.00. The summed E-state index contributed by atoms with van der Waals surface area (Å²) >= 11 is 0. The van der Waals surface area contributed by atoms with Crippen molar-refractivity contribution >= 4 is 10.8 Å². The third kappa shape index (κ3) is 1.23. The van der Waals surface area contributed by atoms with Gasteiger partial charge in [0.2, 0.25) is 0 Å². The van der Waals surface area contributed by atoms with Gasteiger partial charge in [-0.1, -0.05) is 18.2 Å². The third-order valence-electron chi connectivity index (χ3n) is 2.76. The molecule has 3 rings (SSSR count). The molecule has 0 spiro atoms. The average molecular weight is 201 g/mol. The average Bonchev–Trinajstić information content (AvgIpc) is 2.30. The van der Waals surface area contributed by atoms with Crippen LogP contribution in [-0.2, 0) is 6.54 Å². The molecule has 1 aromatic heterocycles. The zero-order valence-electron chi connectivity index (χ0n) is 8.27. The van der Waals surface area contributed by atoms with Crippen LogP contribution in [0.15, 0.2) is 35.1 Å². The van der Waals surface area contributed by atoms with Crippen LogP contribution in [0, 0.1) is 0 Å². The van der Waals surface area contributed by atoms with E-state index in [1.54, 1.807) is 4.57 Å². The molecule has 0 saturated carbocycles. The van der Waals surface area contributed by atoms with Gasteiger partial charge in [-0.2, -0.15) is 0 Å². The first-order valence-electron chi connectivity index (χ1n) is 5.12. The van der Waals surface area contributed by atoms with Crippen molar-refractivity contribution in [3.05, 3.63) is 40.7 Å². The number of hydrogen-bond acceptors (Lipinski definition) is 2. The Hall–Kier alpha value is -1.77. The molecule has 0 amide bonds. The van der Waals surface area contributed by atoms with Gasteiger partial charge in [-0.15, -0.1) is 0 Å². The number of rotatable bonds is 0. The van der Waals surface area contributed by atoms with Gasteiger partial charge >= 0.3 is 0 Å². The maximum atomic E-state index is 12.1. The lowest BCUT2D eigenvalue weighted by Crippen LogP contribution is -2.27. The predicted molar refractivity (Wildman–Crippen MR) is 58.3 cm³/mol. The Bertz CT molecular complexity index is 571. The maximum absolute atomic E-state index is 12.1. The lowest BCUT2D eigenvalue weighted by atomic mass is 10.1. The van der Waals surface area contributed by atoms with E-state index < -0.39 is 0 Å². The van der Waals surface area contributed by atoms with Crippen LogP contribution in [0.25, 0.3) is 10.8 Å². The van der Waals surface area contributed by atoms with Gasteiger partial charge in [0, 0.05) is 18.0 Å². The standard InChI is InChI=1S/C12H11NO2/c14-12-10-5-2-1-4-9(10)8-11-13(12)6-3-7-15-11/h1-2,4-5,8H,3,6-7H2. The molecule has 0 N–H and O–H groups in total. The molecule has 1 aliphatic rings. The van der Waals surface area contributed by atoms with Gasteiger partial charge in [0.25, 0.3) is 5.56 Å². The summed E-state index contributed by atoms with van der Waals surface area (Å²) in [6.07, 6.45) is 0.908. The number of ether oxygens (including phenoxy) is 1. The summed E-state index contributed by atoms with van der Waals surface area (Å²) in [7, 11) is 0. The fourth-order valence-electron chi connectivity index (χ4n) is 2.00. The SMILES string of the molecule is O=c1c2ccccc2cc2n1CCCO2. The number of aromatic nitrogens is 1. The topological polar surface area (TPSA) is 31.2 Å². The molecular weight excluding hydrogens is 190 g/mol. The van der Waals surface area contributed by atoms with E-state index in [1.807, 2.05) is 30.3 Å². The third-order valence-corrected chi connectivity index (χ3v) is 2.76. The molecule has 3 heteroatoms. The molecule has 15 heavy (non-hydrogen) atoms. The molecule has 0 saturated heterocycles. The summed E-state index contributed by atoms with van der Waals surface area (Å²) in [5, 5.41) is 1.72. The molecule has 0 atom stereocenters. The van der Waals surface area contributed by atoms with Gasteiger partial charge in [-0.3, -0.25) is 9.36 Å². The van der Waals surface area contributed by atoms with Gasteiger partial charge in [0.15, 0.2) is 5.88 Å². The van der Waals surface area contributed by atoms with Crippen LogP contribution in [0.3, 0.4) is 0 Å². The van der Waals surface area contributed by atoms with E-state index in [0.717, 1.165) is 23.7 Å². The van der Waals surface area contributed by atoms with E-state index in [9.17, 15) is 4.79 Å². The Morgan fingerprint density at radius 1 is 1.27 bits per heavy atom. The summed E-state index contributed by atoms with van der Waals surface area (Å²) < 4.78 is 7.19. The van der Waals surface area contributed by atoms with E-state index in [-0.39, 0.29) is 5.56 Å². The highest BCUT2D eigenvalue weighted by atomic mass is 16.5. The lowest BCUT2D eigenvalue weighted by Gasteiger charge is -2.19. The van der Waals surface area contributed by atoms with E-state index in [1.165, 1.54) is 0 Å². The largest absolute Gasteiger partial charge is 0.479 e. The fraction of sp³-hybridized carbons (Fsp3) is 0.250. The van der Waals surface area contributed by atoms with Crippen molar-refractivity contribution in [2.24, 2.45) is 0 Å². The second-order valence-electron chi connectivity index (χ2n) is 3.73. The molecule has 1 aromatic carbocycles. The first kappa shape index (κ1) is 8.53. The van der Waals surface area contributed by atoms with Crippen molar-refractivity contribution in [1.29, 1.82) is 0 Å². The Morgan fingerprint density at radius 3 is 3.07 bits per heavy atom. The highest BCUT2D eigenvalue weighted by Crippen LogP contribution is 2.20. The molecule has 76 valence electrons. The van der Waals surface area contributed by atoms with Crippen LogP contribution in [0.1, 0.15) is 6.42 Å². The number of nitrogens with zero attached hydrogens (tertiary/aromatic N) is 1. The van der Waals surface area contributed by atoms with Gasteiger partial charge in [-0.05, 0) is 17.9 Å². The minimum atomic E-state index is 0.0581. The molecule has 2 aromatic rings. The molecular formula is C12H11NO2. The summed E-state index contributed by atoms with van der Waals surface area (Å²) in [6.45, 7) is 1.47. The number of hydrogen-bond donors (Lipinski definition) is 0. The highest BCUT2D eigenvalue weighted by Gasteiger charge is 2.13. The number of benzene rings is 1. The molecule has 0 radical (unpaired) electrons. The van der Waals surface area contributed by atoms with Crippen LogP contribution >= 0.6 is 0 Å². The van der Waals surface area contributed by atoms with Crippen LogP contribution in [0.2, 0.25) is 0 Å². The van der Waals surface area contributed by atoms with E-state index in [4.69, 9.17) is 4.74 Å². The van der Waals surface area contributed by atoms with Crippen molar-refractivity contribution in [3.8, 4) is 5.88 Å². The van der Waals surface area contributed by atoms with E-state index in [0.29, 0.717) is 12.5 Å². The van der Waals surface area contributed by atoms with Gasteiger partial charge < -0.3 is 4.74 Å². The lowest BCUT2D eigenvalue weighted by molar-refractivity contribution is 0.236. The second-order valence-corrected chi connectivity index (χ2v) is 3.73. The van der Waals surface area contributed by atoms with Gasteiger partial charge in [0.1, 0.15) is 0 Å². The van der Waals surface area contributed by atoms with Crippen LogP contribution in [0.5, 0.6) is 5.88 Å². The summed E-state index contributed by atoms with van der Waals surface area (Å²) in [5.41, 5.74) is 0.0581. The minimum Gasteiger partial charge on any atom is -0.479 e. The normalized spacial score (nSPS) is 14.7. The monoisotopic (exact) mass is 201 g/mol. The number of fused-ring (bicyclic) bond motifs is 2. The smallest absolute Gasteiger partial charge is 0.261 e. The first-order valence-corrected chi connectivity index (χ1v) is 5.12. The zero-order valence-corrected chi connectivity index (χ0v) is 8.27. The second kappa shape index (κ2) is 3.12. The van der Waals surface area contributed by atoms with Gasteiger partial charge in [0.05, 0.1) is 6.61 Å². The molecule has 2 heterocycles. The van der Waals surface area contributed by atoms with Crippen molar-refractivity contribution in [2.45, 2.75) is 13.0 Å². The van der Waals surface area contributed by atoms with Gasteiger partial charge in [-0.25, -0.2) is 0 Å².